The molecule has 4 heteroatoms. The smallest absolute Gasteiger partial charge is 0.169 e. The highest BCUT2D eigenvalue weighted by Crippen LogP contribution is 2.32. The summed E-state index contributed by atoms with van der Waals surface area (Å²) >= 11 is 13.2. The van der Waals surface area contributed by atoms with Crippen LogP contribution in [0.1, 0.15) is 16.6 Å². The average molecular weight is 271 g/mol. The maximum Gasteiger partial charge on any atom is 0.169 e. The molecule has 0 amide bonds. The molecule has 0 saturated carbocycles. The molecule has 1 nitrogen and oxygen atoms in total. The van der Waals surface area contributed by atoms with Crippen LogP contribution in [0.2, 0.25) is 10.0 Å². The van der Waals surface area contributed by atoms with Crippen molar-refractivity contribution in [2.45, 2.75) is 6.92 Å². The zero-order valence-electron chi connectivity index (χ0n) is 8.46. The number of hydrogen-bond donors (Lipinski definition) is 0. The van der Waals surface area contributed by atoms with Gasteiger partial charge >= 0.3 is 0 Å². The van der Waals surface area contributed by atoms with Gasteiger partial charge in [-0.2, -0.15) is 0 Å². The van der Waals surface area contributed by atoms with Crippen LogP contribution >= 0.6 is 34.5 Å². The van der Waals surface area contributed by atoms with Crippen molar-refractivity contribution in [2.24, 2.45) is 0 Å². The van der Waals surface area contributed by atoms with Crippen molar-refractivity contribution in [1.82, 2.24) is 0 Å². The summed E-state index contributed by atoms with van der Waals surface area (Å²) in [6.07, 6.45) is 0. The molecule has 1 heterocycles. The minimum absolute atomic E-state index is 0.0799. The summed E-state index contributed by atoms with van der Waals surface area (Å²) < 4.78 is 0. The first-order valence-corrected chi connectivity index (χ1v) is 6.21. The minimum atomic E-state index is 0.0799. The lowest BCUT2D eigenvalue weighted by atomic mass is 10.2. The number of hydrogen-bond acceptors (Lipinski definition) is 2. The van der Waals surface area contributed by atoms with E-state index in [1.165, 1.54) is 11.3 Å². The van der Waals surface area contributed by atoms with E-state index in [0.29, 0.717) is 10.0 Å². The molecular formula is C12H8Cl2OS. The third kappa shape index (κ3) is 2.29. The highest BCUT2D eigenvalue weighted by Gasteiger charge is 2.07. The molecule has 2 rings (SSSR count). The van der Waals surface area contributed by atoms with Crippen LogP contribution in [0.25, 0.3) is 10.4 Å². The van der Waals surface area contributed by atoms with E-state index in [1.54, 1.807) is 19.1 Å². The molecule has 0 aliphatic rings. The fourth-order valence-corrected chi connectivity index (χ4v) is 2.53. The topological polar surface area (TPSA) is 17.1 Å². The highest BCUT2D eigenvalue weighted by molar-refractivity contribution is 7.17. The highest BCUT2D eigenvalue weighted by atomic mass is 35.5. The normalized spacial score (nSPS) is 10.4. The number of halogens is 2. The van der Waals surface area contributed by atoms with Crippen molar-refractivity contribution in [3.8, 4) is 10.4 Å². The summed E-state index contributed by atoms with van der Waals surface area (Å²) in [6.45, 7) is 1.56. The number of rotatable bonds is 2. The number of carbonyl (C=O) groups is 1. The van der Waals surface area contributed by atoms with Gasteiger partial charge in [-0.1, -0.05) is 29.3 Å². The molecule has 0 saturated heterocycles. The first-order valence-electron chi connectivity index (χ1n) is 4.64. The largest absolute Gasteiger partial charge is 0.294 e. The summed E-state index contributed by atoms with van der Waals surface area (Å²) in [5.74, 6) is 0.0799. The minimum Gasteiger partial charge on any atom is -0.294 e. The van der Waals surface area contributed by atoms with Crippen LogP contribution < -0.4 is 0 Å². The quantitative estimate of drug-likeness (QED) is 0.708. The fourth-order valence-electron chi connectivity index (χ4n) is 1.33. The Bertz CT molecular complexity index is 546. The predicted octanol–water partition coefficient (Wildman–Crippen LogP) is 4.92. The number of carbonyl (C=O) groups excluding carboxylic acids is 1. The van der Waals surface area contributed by atoms with Gasteiger partial charge in [0.05, 0.1) is 14.9 Å². The van der Waals surface area contributed by atoms with Gasteiger partial charge in [0.1, 0.15) is 0 Å². The molecular weight excluding hydrogens is 263 g/mol. The van der Waals surface area contributed by atoms with Crippen molar-refractivity contribution >= 4 is 40.3 Å². The third-order valence-electron chi connectivity index (χ3n) is 2.16. The van der Waals surface area contributed by atoms with E-state index in [4.69, 9.17) is 23.2 Å². The molecule has 0 bridgehead atoms. The van der Waals surface area contributed by atoms with Crippen LogP contribution in [0.15, 0.2) is 30.3 Å². The van der Waals surface area contributed by atoms with E-state index in [9.17, 15) is 4.79 Å². The fraction of sp³-hybridized carbons (Fsp3) is 0.0833. The van der Waals surface area contributed by atoms with Gasteiger partial charge in [0.15, 0.2) is 5.78 Å². The van der Waals surface area contributed by atoms with Gasteiger partial charge in [0.2, 0.25) is 0 Å². The second-order valence-electron chi connectivity index (χ2n) is 3.35. The molecule has 0 aliphatic heterocycles. The molecule has 0 spiro atoms. The molecule has 1 aromatic carbocycles. The van der Waals surface area contributed by atoms with Gasteiger partial charge in [-0.25, -0.2) is 0 Å². The molecule has 0 aliphatic carbocycles. The Morgan fingerprint density at radius 3 is 2.44 bits per heavy atom. The van der Waals surface area contributed by atoms with Crippen LogP contribution in [-0.2, 0) is 0 Å². The number of benzene rings is 1. The second-order valence-corrected chi connectivity index (χ2v) is 5.25. The summed E-state index contributed by atoms with van der Waals surface area (Å²) in [5.41, 5.74) is 0.979. The summed E-state index contributed by atoms with van der Waals surface area (Å²) in [7, 11) is 0. The molecule has 0 radical (unpaired) electrons. The van der Waals surface area contributed by atoms with Gasteiger partial charge < -0.3 is 0 Å². The maximum atomic E-state index is 11.2. The molecule has 0 N–H and O–H groups in total. The van der Waals surface area contributed by atoms with E-state index >= 15 is 0 Å². The van der Waals surface area contributed by atoms with Gasteiger partial charge in [-0.15, -0.1) is 11.3 Å². The van der Waals surface area contributed by atoms with Gasteiger partial charge in [0, 0.05) is 4.88 Å². The van der Waals surface area contributed by atoms with Crippen molar-refractivity contribution < 1.29 is 4.79 Å². The van der Waals surface area contributed by atoms with Crippen molar-refractivity contribution in [3.05, 3.63) is 45.3 Å². The molecule has 0 atom stereocenters. The van der Waals surface area contributed by atoms with Crippen LogP contribution in [0.5, 0.6) is 0 Å². The Hall–Kier alpha value is -0.830. The van der Waals surface area contributed by atoms with Crippen molar-refractivity contribution in [2.75, 3.05) is 0 Å². The van der Waals surface area contributed by atoms with E-state index in [2.05, 4.69) is 0 Å². The SMILES string of the molecule is CC(=O)c1ccc(-c2ccc(Cl)c(Cl)c2)s1. The first kappa shape index (κ1) is 11.6. The average Bonchev–Trinajstić information content (AvgIpc) is 2.71. The standard InChI is InChI=1S/C12H8Cl2OS/c1-7(15)11-4-5-12(16-11)8-2-3-9(13)10(14)6-8/h2-6H,1H3. The van der Waals surface area contributed by atoms with E-state index in [-0.39, 0.29) is 5.78 Å². The van der Waals surface area contributed by atoms with Crippen molar-refractivity contribution in [3.63, 3.8) is 0 Å². The molecule has 16 heavy (non-hydrogen) atoms. The van der Waals surface area contributed by atoms with Gasteiger partial charge in [-0.3, -0.25) is 4.79 Å². The van der Waals surface area contributed by atoms with Crippen LogP contribution in [0, 0.1) is 0 Å². The first-order chi connectivity index (χ1) is 7.58. The van der Waals surface area contributed by atoms with Crippen LogP contribution in [-0.4, -0.2) is 5.78 Å². The lowest BCUT2D eigenvalue weighted by Crippen LogP contribution is -1.83. The Morgan fingerprint density at radius 2 is 1.88 bits per heavy atom. The predicted molar refractivity (Wildman–Crippen MR) is 69.8 cm³/mol. The van der Waals surface area contributed by atoms with E-state index < -0.39 is 0 Å². The summed E-state index contributed by atoms with van der Waals surface area (Å²) in [5, 5.41) is 1.06. The van der Waals surface area contributed by atoms with E-state index in [1.807, 2.05) is 18.2 Å². The maximum absolute atomic E-state index is 11.2. The molecule has 2 aromatic rings. The third-order valence-corrected chi connectivity index (χ3v) is 4.13. The number of Topliss-reactive ketones (excluding diaryl/α,β-unsaturated/α-hetero) is 1. The molecule has 1 aromatic heterocycles. The molecule has 82 valence electrons. The monoisotopic (exact) mass is 270 g/mol. The Labute approximate surface area is 108 Å². The lowest BCUT2D eigenvalue weighted by Gasteiger charge is -1.99. The molecule has 0 fully saturated rings. The summed E-state index contributed by atoms with van der Waals surface area (Å²) in [4.78, 5) is 12.9. The van der Waals surface area contributed by atoms with E-state index in [0.717, 1.165) is 15.3 Å². The zero-order chi connectivity index (χ0) is 11.7. The number of thiophene rings is 1. The van der Waals surface area contributed by atoms with Gasteiger partial charge in [0.25, 0.3) is 0 Å². The second kappa shape index (κ2) is 4.58. The van der Waals surface area contributed by atoms with Gasteiger partial charge in [-0.05, 0) is 36.8 Å². The molecule has 0 unspecified atom stereocenters. The summed E-state index contributed by atoms with van der Waals surface area (Å²) in [6, 6.07) is 9.20. The Morgan fingerprint density at radius 1 is 1.12 bits per heavy atom. The lowest BCUT2D eigenvalue weighted by molar-refractivity contribution is 0.102. The zero-order valence-corrected chi connectivity index (χ0v) is 10.8. The Balaban J connectivity index is 2.42. The number of ketones is 1. The van der Waals surface area contributed by atoms with Crippen LogP contribution in [0.4, 0.5) is 0 Å². The van der Waals surface area contributed by atoms with Crippen LogP contribution in [0.3, 0.4) is 0 Å². The van der Waals surface area contributed by atoms with Crippen molar-refractivity contribution in [1.29, 1.82) is 0 Å². The Kier molecular flexibility index (Phi) is 3.33.